The van der Waals surface area contributed by atoms with E-state index in [1.807, 2.05) is 18.2 Å². The highest BCUT2D eigenvalue weighted by Crippen LogP contribution is 2.27. The fraction of sp³-hybridized carbons (Fsp3) is 0.176. The first-order chi connectivity index (χ1) is 9.43. The summed E-state index contributed by atoms with van der Waals surface area (Å²) in [5.74, 6) is 1.01. The lowest BCUT2D eigenvalue weighted by Crippen LogP contribution is -2.16. The molecule has 1 aliphatic heterocycles. The van der Waals surface area contributed by atoms with Crippen molar-refractivity contribution in [1.82, 2.24) is 5.32 Å². The van der Waals surface area contributed by atoms with Crippen LogP contribution < -0.4 is 10.1 Å². The van der Waals surface area contributed by atoms with Crippen molar-refractivity contribution in [3.05, 3.63) is 65.2 Å². The van der Waals surface area contributed by atoms with E-state index in [2.05, 4.69) is 47.8 Å². The van der Waals surface area contributed by atoms with Gasteiger partial charge in [0.25, 0.3) is 0 Å². The first-order valence-corrected chi connectivity index (χ1v) is 6.62. The van der Waals surface area contributed by atoms with Gasteiger partial charge in [-0.2, -0.15) is 0 Å². The van der Waals surface area contributed by atoms with Crippen molar-refractivity contribution in [3.63, 3.8) is 0 Å². The van der Waals surface area contributed by atoms with E-state index in [4.69, 9.17) is 4.74 Å². The number of hydrogen-bond donors (Lipinski definition) is 1. The van der Waals surface area contributed by atoms with Crippen molar-refractivity contribution in [2.45, 2.75) is 6.54 Å². The molecule has 2 aromatic carbocycles. The molecule has 1 N–H and O–H groups in total. The summed E-state index contributed by atoms with van der Waals surface area (Å²) < 4.78 is 5.85. The molecule has 2 aromatic rings. The Bertz CT molecular complexity index is 575. The predicted molar refractivity (Wildman–Crippen MR) is 79.0 cm³/mol. The van der Waals surface area contributed by atoms with Gasteiger partial charge in [0.1, 0.15) is 12.4 Å². The molecule has 0 aromatic heterocycles. The van der Waals surface area contributed by atoms with Crippen molar-refractivity contribution in [2.75, 3.05) is 13.2 Å². The molecule has 3 rings (SSSR count). The second-order valence-corrected chi connectivity index (χ2v) is 4.60. The van der Waals surface area contributed by atoms with Crippen LogP contribution in [0, 0.1) is 0 Å². The van der Waals surface area contributed by atoms with E-state index in [1.165, 1.54) is 11.1 Å². The van der Waals surface area contributed by atoms with Gasteiger partial charge in [-0.3, -0.25) is 0 Å². The molecule has 0 unspecified atom stereocenters. The zero-order valence-electron chi connectivity index (χ0n) is 10.8. The minimum Gasteiger partial charge on any atom is -0.491 e. The van der Waals surface area contributed by atoms with Crippen molar-refractivity contribution < 1.29 is 4.74 Å². The second-order valence-electron chi connectivity index (χ2n) is 4.60. The van der Waals surface area contributed by atoms with Gasteiger partial charge >= 0.3 is 0 Å². The summed E-state index contributed by atoms with van der Waals surface area (Å²) in [7, 11) is 0. The van der Waals surface area contributed by atoms with E-state index in [9.17, 15) is 0 Å². The minimum atomic E-state index is 0.725. The summed E-state index contributed by atoms with van der Waals surface area (Å²) in [6.45, 7) is 2.50. The number of hydrogen-bond acceptors (Lipinski definition) is 2. The van der Waals surface area contributed by atoms with Crippen LogP contribution in [0.3, 0.4) is 0 Å². The van der Waals surface area contributed by atoms with Crippen molar-refractivity contribution in [1.29, 1.82) is 0 Å². The van der Waals surface area contributed by atoms with E-state index in [0.717, 1.165) is 31.0 Å². The van der Waals surface area contributed by atoms with Crippen molar-refractivity contribution in [2.24, 2.45) is 0 Å². The smallest absolute Gasteiger partial charge is 0.131 e. The molecule has 2 nitrogen and oxygen atoms in total. The average Bonchev–Trinajstić information content (AvgIpc) is 2.72. The maximum absolute atomic E-state index is 5.85. The Morgan fingerprint density at radius 2 is 1.84 bits per heavy atom. The molecule has 1 heterocycles. The minimum absolute atomic E-state index is 0.725. The zero-order chi connectivity index (χ0) is 12.9. The summed E-state index contributed by atoms with van der Waals surface area (Å²) in [5, 5.41) is 3.36. The van der Waals surface area contributed by atoms with Crippen LogP contribution in [0.2, 0.25) is 0 Å². The quantitative estimate of drug-likeness (QED) is 0.827. The molecule has 0 amide bonds. The molecule has 0 fully saturated rings. The molecule has 0 spiro atoms. The summed E-state index contributed by atoms with van der Waals surface area (Å²) >= 11 is 0. The van der Waals surface area contributed by atoms with Gasteiger partial charge in [-0.05, 0) is 5.56 Å². The fourth-order valence-corrected chi connectivity index (χ4v) is 2.25. The molecular weight excluding hydrogens is 234 g/mol. The molecule has 0 radical (unpaired) electrons. The van der Waals surface area contributed by atoms with Crippen LogP contribution in [0.1, 0.15) is 16.7 Å². The maximum atomic E-state index is 5.85. The van der Waals surface area contributed by atoms with Gasteiger partial charge in [0.05, 0.1) is 0 Å². The molecule has 0 aliphatic carbocycles. The average molecular weight is 251 g/mol. The lowest BCUT2D eigenvalue weighted by molar-refractivity contribution is 0.325. The molecule has 0 bridgehead atoms. The van der Waals surface area contributed by atoms with Crippen LogP contribution in [-0.4, -0.2) is 13.2 Å². The number of fused-ring (bicyclic) bond motifs is 1. The third-order valence-electron chi connectivity index (χ3n) is 3.22. The van der Waals surface area contributed by atoms with Crippen LogP contribution in [0.25, 0.3) is 12.2 Å². The molecule has 1 aliphatic rings. The maximum Gasteiger partial charge on any atom is 0.131 e. The van der Waals surface area contributed by atoms with Crippen LogP contribution >= 0.6 is 0 Å². The van der Waals surface area contributed by atoms with Gasteiger partial charge in [0.2, 0.25) is 0 Å². The molecule has 0 atom stereocenters. The van der Waals surface area contributed by atoms with Gasteiger partial charge in [-0.1, -0.05) is 60.7 Å². The lowest BCUT2D eigenvalue weighted by atomic mass is 10.1. The predicted octanol–water partition coefficient (Wildman–Crippen LogP) is 3.34. The number of rotatable bonds is 2. The van der Waals surface area contributed by atoms with Crippen LogP contribution in [0.15, 0.2) is 48.5 Å². The van der Waals surface area contributed by atoms with Gasteiger partial charge in [0.15, 0.2) is 0 Å². The van der Waals surface area contributed by atoms with E-state index < -0.39 is 0 Å². The number of para-hydroxylation sites is 1. The summed E-state index contributed by atoms with van der Waals surface area (Å²) in [4.78, 5) is 0. The van der Waals surface area contributed by atoms with Gasteiger partial charge in [0, 0.05) is 24.2 Å². The SMILES string of the molecule is C(=C\c1cccc2c1OCCNC2)/c1ccccc1. The summed E-state index contributed by atoms with van der Waals surface area (Å²) in [5.41, 5.74) is 3.57. The van der Waals surface area contributed by atoms with Crippen LogP contribution in [0.4, 0.5) is 0 Å². The molecule has 0 saturated heterocycles. The third-order valence-corrected chi connectivity index (χ3v) is 3.22. The molecule has 19 heavy (non-hydrogen) atoms. The van der Waals surface area contributed by atoms with Crippen molar-refractivity contribution in [3.8, 4) is 5.75 Å². The Balaban J connectivity index is 1.91. The summed E-state index contributed by atoms with van der Waals surface area (Å²) in [6.07, 6.45) is 4.25. The van der Waals surface area contributed by atoms with E-state index in [1.54, 1.807) is 0 Å². The first kappa shape index (κ1) is 12.0. The van der Waals surface area contributed by atoms with E-state index in [0.29, 0.717) is 0 Å². The number of benzene rings is 2. The first-order valence-electron chi connectivity index (χ1n) is 6.62. The monoisotopic (exact) mass is 251 g/mol. The molecule has 96 valence electrons. The van der Waals surface area contributed by atoms with Gasteiger partial charge < -0.3 is 10.1 Å². The van der Waals surface area contributed by atoms with Gasteiger partial charge in [-0.25, -0.2) is 0 Å². The fourth-order valence-electron chi connectivity index (χ4n) is 2.25. The Morgan fingerprint density at radius 1 is 0.947 bits per heavy atom. The highest BCUT2D eigenvalue weighted by Gasteiger charge is 2.10. The second kappa shape index (κ2) is 5.72. The van der Waals surface area contributed by atoms with E-state index in [-0.39, 0.29) is 0 Å². The zero-order valence-corrected chi connectivity index (χ0v) is 10.8. The standard InChI is InChI=1S/C17H17NO/c1-2-5-14(6-3-1)9-10-15-7-4-8-16-13-18-11-12-19-17(15)16/h1-10,18H,11-13H2/b10-9+. The van der Waals surface area contributed by atoms with Crippen molar-refractivity contribution >= 4 is 12.2 Å². The molecular formula is C17H17NO. The highest BCUT2D eigenvalue weighted by atomic mass is 16.5. The van der Waals surface area contributed by atoms with Crippen LogP contribution in [0.5, 0.6) is 5.75 Å². The number of nitrogens with one attached hydrogen (secondary N) is 1. The topological polar surface area (TPSA) is 21.3 Å². The summed E-state index contributed by atoms with van der Waals surface area (Å²) in [6, 6.07) is 16.6. The normalized spacial score (nSPS) is 14.7. The van der Waals surface area contributed by atoms with Crippen LogP contribution in [-0.2, 0) is 6.54 Å². The Labute approximate surface area is 113 Å². The number of ether oxygens (including phenoxy) is 1. The largest absolute Gasteiger partial charge is 0.491 e. The third kappa shape index (κ3) is 2.85. The van der Waals surface area contributed by atoms with E-state index >= 15 is 0 Å². The lowest BCUT2D eigenvalue weighted by Gasteiger charge is -2.09. The van der Waals surface area contributed by atoms with Gasteiger partial charge in [-0.15, -0.1) is 0 Å². The Hall–Kier alpha value is -2.06. The Kier molecular flexibility index (Phi) is 3.61. The Morgan fingerprint density at radius 3 is 2.74 bits per heavy atom. The molecule has 2 heteroatoms. The highest BCUT2D eigenvalue weighted by molar-refractivity contribution is 5.73. The molecule has 0 saturated carbocycles.